The van der Waals surface area contributed by atoms with Crippen molar-refractivity contribution >= 4 is 22.6 Å². The Morgan fingerprint density at radius 1 is 1.35 bits per heavy atom. The van der Waals surface area contributed by atoms with Gasteiger partial charge < -0.3 is 9.73 Å². The van der Waals surface area contributed by atoms with Gasteiger partial charge in [-0.3, -0.25) is 0 Å². The maximum atomic E-state index is 13.2. The number of rotatable bonds is 4. The highest BCUT2D eigenvalue weighted by molar-refractivity contribution is 6.34. The highest BCUT2D eigenvalue weighted by Gasteiger charge is 2.15. The Kier molecular flexibility index (Phi) is 3.69. The molecule has 1 unspecified atom stereocenters. The lowest BCUT2D eigenvalue weighted by Gasteiger charge is -2.11. The molecule has 0 aliphatic carbocycles. The van der Waals surface area contributed by atoms with Crippen LogP contribution < -0.4 is 5.32 Å². The molecule has 2 aromatic rings. The Labute approximate surface area is 105 Å². The minimum atomic E-state index is -0.341. The molecule has 1 atom stereocenters. The van der Waals surface area contributed by atoms with Crippen LogP contribution >= 0.6 is 11.6 Å². The van der Waals surface area contributed by atoms with Crippen molar-refractivity contribution in [3.8, 4) is 0 Å². The number of fused-ring (bicyclic) bond motifs is 1. The van der Waals surface area contributed by atoms with Gasteiger partial charge in [0.25, 0.3) is 0 Å². The molecule has 1 aromatic carbocycles. The summed E-state index contributed by atoms with van der Waals surface area (Å²) in [6, 6.07) is 4.70. The van der Waals surface area contributed by atoms with E-state index in [0.717, 1.165) is 18.7 Å². The molecule has 0 aliphatic heterocycles. The molecule has 0 fully saturated rings. The predicted molar refractivity (Wildman–Crippen MR) is 67.9 cm³/mol. The molecule has 4 heteroatoms. The van der Waals surface area contributed by atoms with Crippen molar-refractivity contribution in [3.05, 3.63) is 34.8 Å². The van der Waals surface area contributed by atoms with Gasteiger partial charge in [0, 0.05) is 5.39 Å². The van der Waals surface area contributed by atoms with Gasteiger partial charge in [-0.2, -0.15) is 0 Å². The van der Waals surface area contributed by atoms with Gasteiger partial charge in [-0.1, -0.05) is 25.4 Å². The molecule has 0 spiro atoms. The van der Waals surface area contributed by atoms with Crippen molar-refractivity contribution < 1.29 is 8.81 Å². The smallest absolute Gasteiger partial charge is 0.153 e. The molecule has 0 radical (unpaired) electrons. The van der Waals surface area contributed by atoms with E-state index in [4.69, 9.17) is 16.0 Å². The Balaban J connectivity index is 2.46. The van der Waals surface area contributed by atoms with Crippen LogP contribution in [0.25, 0.3) is 11.0 Å². The molecule has 1 heterocycles. The molecule has 17 heavy (non-hydrogen) atoms. The van der Waals surface area contributed by atoms with Gasteiger partial charge in [0.15, 0.2) is 5.58 Å². The Hall–Kier alpha value is -1.06. The monoisotopic (exact) mass is 255 g/mol. The lowest BCUT2D eigenvalue weighted by molar-refractivity contribution is 0.428. The first-order valence-electron chi connectivity index (χ1n) is 5.77. The summed E-state index contributed by atoms with van der Waals surface area (Å²) in [6.45, 7) is 4.97. The summed E-state index contributed by atoms with van der Waals surface area (Å²) in [5.41, 5.74) is 0.555. The average molecular weight is 256 g/mol. The number of hydrogen-bond acceptors (Lipinski definition) is 2. The molecule has 2 nitrogen and oxygen atoms in total. The molecule has 1 N–H and O–H groups in total. The average Bonchev–Trinajstić information content (AvgIpc) is 2.69. The van der Waals surface area contributed by atoms with Crippen LogP contribution in [0.4, 0.5) is 4.39 Å². The van der Waals surface area contributed by atoms with Crippen LogP contribution in [0, 0.1) is 5.82 Å². The molecule has 1 aromatic heterocycles. The minimum Gasteiger partial charge on any atom is -0.458 e. The van der Waals surface area contributed by atoms with Gasteiger partial charge >= 0.3 is 0 Å². The van der Waals surface area contributed by atoms with Gasteiger partial charge in [0.2, 0.25) is 0 Å². The summed E-state index contributed by atoms with van der Waals surface area (Å²) >= 11 is 5.95. The quantitative estimate of drug-likeness (QED) is 0.882. The molecule has 0 saturated heterocycles. The van der Waals surface area contributed by atoms with Crippen LogP contribution in [-0.4, -0.2) is 6.54 Å². The van der Waals surface area contributed by atoms with Gasteiger partial charge in [-0.25, -0.2) is 4.39 Å². The van der Waals surface area contributed by atoms with Crippen molar-refractivity contribution in [2.24, 2.45) is 0 Å². The zero-order valence-electron chi connectivity index (χ0n) is 9.89. The van der Waals surface area contributed by atoms with E-state index in [1.165, 1.54) is 12.1 Å². The number of furan rings is 1. The molecule has 92 valence electrons. The zero-order chi connectivity index (χ0) is 12.4. The Morgan fingerprint density at radius 3 is 2.76 bits per heavy atom. The number of benzene rings is 1. The van der Waals surface area contributed by atoms with Crippen molar-refractivity contribution in [2.75, 3.05) is 6.54 Å². The van der Waals surface area contributed by atoms with Crippen molar-refractivity contribution in [2.45, 2.75) is 26.3 Å². The van der Waals surface area contributed by atoms with Gasteiger partial charge in [0.05, 0.1) is 11.1 Å². The third kappa shape index (κ3) is 2.45. The maximum Gasteiger partial charge on any atom is 0.153 e. The lowest BCUT2D eigenvalue weighted by atomic mass is 10.1. The summed E-state index contributed by atoms with van der Waals surface area (Å²) in [5, 5.41) is 4.34. The number of hydrogen-bond donors (Lipinski definition) is 1. The first-order chi connectivity index (χ1) is 8.15. The fourth-order valence-electron chi connectivity index (χ4n) is 1.96. The first kappa shape index (κ1) is 12.4. The van der Waals surface area contributed by atoms with E-state index < -0.39 is 0 Å². The van der Waals surface area contributed by atoms with Crippen molar-refractivity contribution in [1.82, 2.24) is 5.32 Å². The van der Waals surface area contributed by atoms with Crippen LogP contribution in [-0.2, 0) is 0 Å². The summed E-state index contributed by atoms with van der Waals surface area (Å²) in [7, 11) is 0. The van der Waals surface area contributed by atoms with Crippen LogP contribution in [0.15, 0.2) is 22.6 Å². The number of halogens is 2. The highest BCUT2D eigenvalue weighted by Crippen LogP contribution is 2.31. The third-order valence-corrected chi connectivity index (χ3v) is 3.04. The Morgan fingerprint density at radius 2 is 2.12 bits per heavy atom. The molecule has 0 aliphatic rings. The van der Waals surface area contributed by atoms with E-state index >= 15 is 0 Å². The molecule has 0 bridgehead atoms. The van der Waals surface area contributed by atoms with Gasteiger partial charge in [-0.05, 0) is 31.2 Å². The zero-order valence-corrected chi connectivity index (χ0v) is 10.6. The van der Waals surface area contributed by atoms with Crippen LogP contribution in [0.2, 0.25) is 5.02 Å². The number of nitrogens with one attached hydrogen (secondary N) is 1. The minimum absolute atomic E-state index is 0.145. The molecule has 0 saturated carbocycles. The highest BCUT2D eigenvalue weighted by atomic mass is 35.5. The first-order valence-corrected chi connectivity index (χ1v) is 6.15. The van der Waals surface area contributed by atoms with Crippen LogP contribution in [0.3, 0.4) is 0 Å². The van der Waals surface area contributed by atoms with Crippen molar-refractivity contribution in [3.63, 3.8) is 0 Å². The molecular weight excluding hydrogens is 241 g/mol. The summed E-state index contributed by atoms with van der Waals surface area (Å²) in [4.78, 5) is 0. The fraction of sp³-hybridized carbons (Fsp3) is 0.385. The second-order valence-corrected chi connectivity index (χ2v) is 4.38. The molecule has 0 amide bonds. The van der Waals surface area contributed by atoms with Gasteiger partial charge in [-0.15, -0.1) is 0 Å². The van der Waals surface area contributed by atoms with E-state index in [9.17, 15) is 4.39 Å². The Bertz CT molecular complexity index is 523. The predicted octanol–water partition coefficient (Wildman–Crippen LogP) is 4.29. The summed E-state index contributed by atoms with van der Waals surface area (Å²) in [6.07, 6.45) is 0.910. The fourth-order valence-corrected chi connectivity index (χ4v) is 2.21. The SMILES string of the molecule is CCNC(CC)c1cc2cc(F)cc(Cl)c2o1. The maximum absolute atomic E-state index is 13.2. The van der Waals surface area contributed by atoms with E-state index in [-0.39, 0.29) is 11.9 Å². The van der Waals surface area contributed by atoms with E-state index in [0.29, 0.717) is 16.0 Å². The van der Waals surface area contributed by atoms with E-state index in [2.05, 4.69) is 12.2 Å². The van der Waals surface area contributed by atoms with E-state index in [1.807, 2.05) is 13.0 Å². The summed E-state index contributed by atoms with van der Waals surface area (Å²) < 4.78 is 18.9. The van der Waals surface area contributed by atoms with Crippen molar-refractivity contribution in [1.29, 1.82) is 0 Å². The topological polar surface area (TPSA) is 25.2 Å². The second-order valence-electron chi connectivity index (χ2n) is 3.97. The lowest BCUT2D eigenvalue weighted by Crippen LogP contribution is -2.19. The summed E-state index contributed by atoms with van der Waals surface area (Å²) in [5.74, 6) is 0.461. The normalized spacial score (nSPS) is 13.2. The second kappa shape index (κ2) is 5.07. The van der Waals surface area contributed by atoms with Crippen LogP contribution in [0.1, 0.15) is 32.1 Å². The van der Waals surface area contributed by atoms with Gasteiger partial charge in [0.1, 0.15) is 11.6 Å². The van der Waals surface area contributed by atoms with E-state index in [1.54, 1.807) is 0 Å². The molecule has 2 rings (SSSR count). The largest absolute Gasteiger partial charge is 0.458 e. The standard InChI is InChI=1S/C13H15ClFNO/c1-3-11(16-4-2)12-6-8-5-9(15)7-10(14)13(8)17-12/h5-7,11,16H,3-4H2,1-2H3. The third-order valence-electron chi connectivity index (χ3n) is 2.76. The van der Waals surface area contributed by atoms with Crippen LogP contribution in [0.5, 0.6) is 0 Å². The molecular formula is C13H15ClFNO.